The second kappa shape index (κ2) is 8.83. The van der Waals surface area contributed by atoms with E-state index in [9.17, 15) is 0 Å². The molecule has 124 valence electrons. The first-order valence-electron chi connectivity index (χ1n) is 8.95. The molecule has 1 heterocycles. The van der Waals surface area contributed by atoms with E-state index in [4.69, 9.17) is 5.73 Å². The van der Waals surface area contributed by atoms with Gasteiger partial charge in [-0.2, -0.15) is 0 Å². The summed E-state index contributed by atoms with van der Waals surface area (Å²) in [7, 11) is 0. The summed E-state index contributed by atoms with van der Waals surface area (Å²) >= 11 is 1.87. The van der Waals surface area contributed by atoms with Crippen molar-refractivity contribution in [1.82, 2.24) is 0 Å². The molecule has 22 heavy (non-hydrogen) atoms. The molecule has 2 N–H and O–H groups in total. The molecule has 0 aromatic heterocycles. The molecule has 1 aromatic carbocycles. The summed E-state index contributed by atoms with van der Waals surface area (Å²) in [5.74, 6) is 1.03. The number of benzene rings is 1. The maximum Gasteiger partial charge on any atom is 0.0484 e. The van der Waals surface area contributed by atoms with Crippen molar-refractivity contribution in [3.8, 4) is 0 Å². The Labute approximate surface area is 141 Å². The van der Waals surface area contributed by atoms with Crippen LogP contribution in [0, 0.1) is 0 Å². The maximum atomic E-state index is 6.37. The van der Waals surface area contributed by atoms with Gasteiger partial charge in [0.15, 0.2) is 0 Å². The quantitative estimate of drug-likeness (QED) is 0.503. The SMILES string of the molecule is CCCCCCCCc1ccc(N2CC(N)(CC)CS2)cc1. The Morgan fingerprint density at radius 1 is 1.05 bits per heavy atom. The number of hydrogen-bond donors (Lipinski definition) is 1. The lowest BCUT2D eigenvalue weighted by atomic mass is 10.0. The molecule has 0 radical (unpaired) electrons. The van der Waals surface area contributed by atoms with Gasteiger partial charge < -0.3 is 10.0 Å². The zero-order chi connectivity index (χ0) is 15.8. The van der Waals surface area contributed by atoms with Gasteiger partial charge in [-0.25, -0.2) is 0 Å². The lowest BCUT2D eigenvalue weighted by molar-refractivity contribution is 0.493. The molecule has 1 saturated heterocycles. The third kappa shape index (κ3) is 5.20. The second-order valence-corrected chi connectivity index (χ2v) is 7.70. The van der Waals surface area contributed by atoms with Crippen LogP contribution in [0.4, 0.5) is 5.69 Å². The molecule has 1 atom stereocenters. The largest absolute Gasteiger partial charge is 0.323 e. The number of nitrogens with two attached hydrogens (primary N) is 1. The van der Waals surface area contributed by atoms with Crippen LogP contribution in [-0.2, 0) is 6.42 Å². The van der Waals surface area contributed by atoms with Crippen LogP contribution < -0.4 is 10.0 Å². The Bertz CT molecular complexity index is 432. The summed E-state index contributed by atoms with van der Waals surface area (Å²) < 4.78 is 2.36. The molecular formula is C19H32N2S. The minimum Gasteiger partial charge on any atom is -0.323 e. The lowest BCUT2D eigenvalue weighted by Crippen LogP contribution is -2.44. The van der Waals surface area contributed by atoms with Crippen molar-refractivity contribution >= 4 is 17.6 Å². The third-order valence-electron chi connectivity index (χ3n) is 4.71. The van der Waals surface area contributed by atoms with Crippen molar-refractivity contribution < 1.29 is 0 Å². The Morgan fingerprint density at radius 2 is 1.73 bits per heavy atom. The van der Waals surface area contributed by atoms with E-state index in [1.807, 2.05) is 11.9 Å². The van der Waals surface area contributed by atoms with Crippen LogP contribution in [0.1, 0.15) is 64.4 Å². The molecular weight excluding hydrogens is 288 g/mol. The molecule has 2 rings (SSSR count). The third-order valence-corrected chi connectivity index (χ3v) is 6.07. The van der Waals surface area contributed by atoms with Crippen LogP contribution in [0.5, 0.6) is 0 Å². The molecule has 1 unspecified atom stereocenters. The van der Waals surface area contributed by atoms with Crippen molar-refractivity contribution in [1.29, 1.82) is 0 Å². The molecule has 0 spiro atoms. The van der Waals surface area contributed by atoms with E-state index < -0.39 is 0 Å². The molecule has 1 aliphatic rings. The van der Waals surface area contributed by atoms with E-state index in [2.05, 4.69) is 42.4 Å². The van der Waals surface area contributed by atoms with Gasteiger partial charge in [-0.05, 0) is 48.9 Å². The number of hydrogen-bond acceptors (Lipinski definition) is 3. The molecule has 0 aliphatic carbocycles. The van der Waals surface area contributed by atoms with Gasteiger partial charge in [-0.3, -0.25) is 0 Å². The monoisotopic (exact) mass is 320 g/mol. The molecule has 1 aliphatic heterocycles. The number of rotatable bonds is 9. The first-order chi connectivity index (χ1) is 10.7. The first kappa shape index (κ1) is 17.7. The topological polar surface area (TPSA) is 29.3 Å². The highest BCUT2D eigenvalue weighted by Crippen LogP contribution is 2.34. The average Bonchev–Trinajstić information content (AvgIpc) is 2.94. The van der Waals surface area contributed by atoms with Crippen LogP contribution in [-0.4, -0.2) is 17.8 Å². The van der Waals surface area contributed by atoms with E-state index >= 15 is 0 Å². The van der Waals surface area contributed by atoms with Gasteiger partial charge in [0, 0.05) is 23.5 Å². The Kier molecular flexibility index (Phi) is 7.10. The first-order valence-corrected chi connectivity index (χ1v) is 9.89. The predicted molar refractivity (Wildman–Crippen MR) is 101 cm³/mol. The highest BCUT2D eigenvalue weighted by molar-refractivity contribution is 8.01. The molecule has 1 fully saturated rings. The van der Waals surface area contributed by atoms with Crippen LogP contribution in [0.2, 0.25) is 0 Å². The minimum atomic E-state index is -0.0121. The second-order valence-electron chi connectivity index (χ2n) is 6.71. The van der Waals surface area contributed by atoms with Crippen molar-refractivity contribution in [2.75, 3.05) is 16.6 Å². The fourth-order valence-electron chi connectivity index (χ4n) is 2.90. The Morgan fingerprint density at radius 3 is 2.36 bits per heavy atom. The number of anilines is 1. The van der Waals surface area contributed by atoms with Crippen LogP contribution >= 0.6 is 11.9 Å². The van der Waals surface area contributed by atoms with Crippen molar-refractivity contribution in [3.05, 3.63) is 29.8 Å². The number of nitrogens with zero attached hydrogens (tertiary/aromatic N) is 1. The number of aryl methyl sites for hydroxylation is 1. The summed E-state index contributed by atoms with van der Waals surface area (Å²) in [5, 5.41) is 0. The van der Waals surface area contributed by atoms with Crippen LogP contribution in [0.25, 0.3) is 0 Å². The average molecular weight is 321 g/mol. The molecule has 1 aromatic rings. The Hall–Kier alpha value is -0.670. The smallest absolute Gasteiger partial charge is 0.0484 e. The Balaban J connectivity index is 1.74. The highest BCUT2D eigenvalue weighted by Gasteiger charge is 2.33. The van der Waals surface area contributed by atoms with E-state index in [0.29, 0.717) is 0 Å². The highest BCUT2D eigenvalue weighted by atomic mass is 32.2. The summed E-state index contributed by atoms with van der Waals surface area (Å²) in [5.41, 5.74) is 9.13. The van der Waals surface area contributed by atoms with Crippen molar-refractivity contribution in [2.24, 2.45) is 5.73 Å². The van der Waals surface area contributed by atoms with E-state index in [-0.39, 0.29) is 5.54 Å². The predicted octanol–water partition coefficient (Wildman–Crippen LogP) is 5.17. The van der Waals surface area contributed by atoms with Gasteiger partial charge in [0.1, 0.15) is 0 Å². The van der Waals surface area contributed by atoms with Crippen molar-refractivity contribution in [3.63, 3.8) is 0 Å². The van der Waals surface area contributed by atoms with Gasteiger partial charge in [-0.15, -0.1) is 0 Å². The number of unbranched alkanes of at least 4 members (excludes halogenated alkanes) is 5. The van der Waals surface area contributed by atoms with E-state index in [1.165, 1.54) is 56.2 Å². The summed E-state index contributed by atoms with van der Waals surface area (Å²) in [4.78, 5) is 0. The van der Waals surface area contributed by atoms with Crippen molar-refractivity contribution in [2.45, 2.75) is 70.8 Å². The molecule has 0 saturated carbocycles. The summed E-state index contributed by atoms with van der Waals surface area (Å²) in [6.45, 7) is 5.42. The van der Waals surface area contributed by atoms with Gasteiger partial charge in [-0.1, -0.05) is 58.1 Å². The fourth-order valence-corrected chi connectivity index (χ4v) is 4.23. The fraction of sp³-hybridized carbons (Fsp3) is 0.684. The summed E-state index contributed by atoms with van der Waals surface area (Å²) in [6, 6.07) is 9.12. The molecule has 3 heteroatoms. The standard InChI is InChI=1S/C19H32N2S/c1-3-5-6-7-8-9-10-17-11-13-18(14-12-17)21-15-19(20,4-2)16-22-21/h11-14H,3-10,15-16,20H2,1-2H3. The minimum absolute atomic E-state index is 0.0121. The lowest BCUT2D eigenvalue weighted by Gasteiger charge is -2.22. The van der Waals surface area contributed by atoms with Gasteiger partial charge >= 0.3 is 0 Å². The van der Waals surface area contributed by atoms with Gasteiger partial charge in [0.2, 0.25) is 0 Å². The van der Waals surface area contributed by atoms with Gasteiger partial charge in [0.25, 0.3) is 0 Å². The van der Waals surface area contributed by atoms with Crippen LogP contribution in [0.15, 0.2) is 24.3 Å². The van der Waals surface area contributed by atoms with E-state index in [0.717, 1.165) is 18.7 Å². The molecule has 2 nitrogen and oxygen atoms in total. The maximum absolute atomic E-state index is 6.37. The zero-order valence-electron chi connectivity index (χ0n) is 14.3. The summed E-state index contributed by atoms with van der Waals surface area (Å²) in [6.07, 6.45) is 10.5. The normalized spacial score (nSPS) is 21.5. The van der Waals surface area contributed by atoms with E-state index in [1.54, 1.807) is 0 Å². The molecule has 0 bridgehead atoms. The van der Waals surface area contributed by atoms with Crippen LogP contribution in [0.3, 0.4) is 0 Å². The molecule has 0 amide bonds. The van der Waals surface area contributed by atoms with Gasteiger partial charge in [0.05, 0.1) is 0 Å². The zero-order valence-corrected chi connectivity index (χ0v) is 15.1.